The number of allylic oxidation sites excluding steroid dienone is 1. The molecule has 0 aliphatic carbocycles. The molecule has 124 valence electrons. The Labute approximate surface area is 139 Å². The molecule has 0 radical (unpaired) electrons. The minimum Gasteiger partial charge on any atom is -0.492 e. The molecule has 0 aromatic heterocycles. The fourth-order valence-corrected chi connectivity index (χ4v) is 3.20. The quantitative estimate of drug-likeness (QED) is 0.736. The zero-order valence-corrected chi connectivity index (χ0v) is 14.1. The maximum absolute atomic E-state index is 11.8. The summed E-state index contributed by atoms with van der Waals surface area (Å²) in [5.41, 5.74) is 6.79. The van der Waals surface area contributed by atoms with Crippen molar-refractivity contribution < 1.29 is 19.4 Å². The van der Waals surface area contributed by atoms with Crippen molar-refractivity contribution in [2.24, 2.45) is 11.7 Å². The van der Waals surface area contributed by atoms with Crippen LogP contribution in [0.3, 0.4) is 0 Å². The Balaban J connectivity index is 2.42. The molecule has 0 bridgehead atoms. The van der Waals surface area contributed by atoms with Gasteiger partial charge in [0.15, 0.2) is 0 Å². The van der Waals surface area contributed by atoms with Crippen LogP contribution in [0, 0.1) is 5.92 Å². The molecule has 1 heterocycles. The van der Waals surface area contributed by atoms with E-state index in [4.69, 9.17) is 10.5 Å². The molecule has 1 aliphatic heterocycles. The van der Waals surface area contributed by atoms with Crippen LogP contribution in [-0.4, -0.2) is 23.6 Å². The minimum absolute atomic E-state index is 0.177. The summed E-state index contributed by atoms with van der Waals surface area (Å²) in [6.07, 6.45) is 0. The minimum atomic E-state index is -1.36. The second kappa shape index (κ2) is 6.54. The Morgan fingerprint density at radius 3 is 2.61 bits per heavy atom. The second-order valence-electron chi connectivity index (χ2n) is 5.81. The summed E-state index contributed by atoms with van der Waals surface area (Å²) in [5, 5.41) is 14.3. The van der Waals surface area contributed by atoms with Gasteiger partial charge < -0.3 is 20.9 Å². The summed E-state index contributed by atoms with van der Waals surface area (Å²) in [4.78, 5) is 22.2. The van der Waals surface area contributed by atoms with Gasteiger partial charge in [0, 0.05) is 11.3 Å². The van der Waals surface area contributed by atoms with Gasteiger partial charge in [0.1, 0.15) is 5.75 Å². The summed E-state index contributed by atoms with van der Waals surface area (Å²) in [6, 6.07) is 4.72. The lowest BCUT2D eigenvalue weighted by molar-refractivity contribution is -0.140. The van der Waals surface area contributed by atoms with Crippen molar-refractivity contribution in [1.82, 2.24) is 5.32 Å². The molecule has 4 N–H and O–H groups in total. The maximum atomic E-state index is 11.8. The molecule has 0 saturated carbocycles. The van der Waals surface area contributed by atoms with Crippen molar-refractivity contribution >= 4 is 23.6 Å². The average molecular weight is 336 g/mol. The number of carbonyl (C=O) groups excluding carboxylic acids is 1. The van der Waals surface area contributed by atoms with Gasteiger partial charge in [-0.1, -0.05) is 31.7 Å². The zero-order chi connectivity index (χ0) is 17.2. The molecular formula is C16H20N2O4S. The number of carboxylic acids is 1. The van der Waals surface area contributed by atoms with E-state index in [9.17, 15) is 14.7 Å². The van der Waals surface area contributed by atoms with Crippen molar-refractivity contribution in [1.29, 1.82) is 0 Å². The predicted molar refractivity (Wildman–Crippen MR) is 89.1 cm³/mol. The first-order chi connectivity index (χ1) is 10.8. The third-order valence-electron chi connectivity index (χ3n) is 3.31. The fraction of sp³-hybridized carbons (Fsp3) is 0.375. The number of benzene rings is 1. The summed E-state index contributed by atoms with van der Waals surface area (Å²) in [5.74, 6) is -1.04. The second-order valence-corrected chi connectivity index (χ2v) is 6.89. The van der Waals surface area contributed by atoms with E-state index in [0.717, 1.165) is 17.5 Å². The molecule has 7 heteroatoms. The third kappa shape index (κ3) is 3.44. The molecule has 0 fully saturated rings. The number of nitrogens with one attached hydrogen (secondary N) is 1. The van der Waals surface area contributed by atoms with Crippen LogP contribution >= 0.6 is 11.8 Å². The Morgan fingerprint density at radius 1 is 1.43 bits per heavy atom. The zero-order valence-electron chi connectivity index (χ0n) is 13.3. The van der Waals surface area contributed by atoms with Crippen molar-refractivity contribution in [2.45, 2.75) is 25.6 Å². The molecule has 1 amide bonds. The van der Waals surface area contributed by atoms with Crippen molar-refractivity contribution in [2.75, 3.05) is 6.61 Å². The molecule has 0 saturated heterocycles. The number of rotatable bonds is 6. The highest BCUT2D eigenvalue weighted by Gasteiger charge is 2.44. The summed E-state index contributed by atoms with van der Waals surface area (Å²) in [6.45, 7) is 6.21. The molecule has 23 heavy (non-hydrogen) atoms. The lowest BCUT2D eigenvalue weighted by Crippen LogP contribution is -2.42. The Hall–Kier alpha value is -2.15. The van der Waals surface area contributed by atoms with Crippen LogP contribution in [0.15, 0.2) is 29.3 Å². The average Bonchev–Trinajstić information content (AvgIpc) is 2.88. The molecule has 6 nitrogen and oxygen atoms in total. The number of thioether (sulfide) groups is 1. The topological polar surface area (TPSA) is 102 Å². The van der Waals surface area contributed by atoms with Crippen LogP contribution in [0.4, 0.5) is 0 Å². The summed E-state index contributed by atoms with van der Waals surface area (Å²) >= 11 is 1.14. The number of hydrogen-bond acceptors (Lipinski definition) is 5. The van der Waals surface area contributed by atoms with Gasteiger partial charge >= 0.3 is 5.97 Å². The van der Waals surface area contributed by atoms with Gasteiger partial charge in [0.2, 0.25) is 4.87 Å². The highest BCUT2D eigenvalue weighted by atomic mass is 32.2. The largest absolute Gasteiger partial charge is 0.492 e. The number of primary amides is 1. The number of amides is 1. The van der Waals surface area contributed by atoms with E-state index in [1.807, 2.05) is 13.8 Å². The highest BCUT2D eigenvalue weighted by Crippen LogP contribution is 2.42. The van der Waals surface area contributed by atoms with Crippen LogP contribution in [0.2, 0.25) is 0 Å². The van der Waals surface area contributed by atoms with Gasteiger partial charge in [0.25, 0.3) is 5.91 Å². The number of nitrogens with two attached hydrogens (primary N) is 1. The number of aliphatic carboxylic acids is 1. The Bertz CT molecular complexity index is 672. The van der Waals surface area contributed by atoms with Crippen LogP contribution in [0.5, 0.6) is 5.75 Å². The van der Waals surface area contributed by atoms with E-state index in [-0.39, 0.29) is 5.56 Å². The molecule has 2 rings (SSSR count). The Kier molecular flexibility index (Phi) is 4.89. The monoisotopic (exact) mass is 336 g/mol. The molecular weight excluding hydrogens is 316 g/mol. The van der Waals surface area contributed by atoms with Crippen molar-refractivity contribution in [3.63, 3.8) is 0 Å². The van der Waals surface area contributed by atoms with Gasteiger partial charge in [-0.05, 0) is 30.4 Å². The predicted octanol–water partition coefficient (Wildman–Crippen LogP) is 2.26. The smallest absolute Gasteiger partial charge is 0.345 e. The van der Waals surface area contributed by atoms with Crippen LogP contribution < -0.4 is 15.8 Å². The van der Waals surface area contributed by atoms with Crippen molar-refractivity contribution in [3.05, 3.63) is 40.4 Å². The van der Waals surface area contributed by atoms with Crippen LogP contribution in [0.1, 0.15) is 36.7 Å². The number of ether oxygens (including phenoxy) is 1. The number of carbonyl (C=O) groups is 2. The summed E-state index contributed by atoms with van der Waals surface area (Å²) in [7, 11) is 0. The first-order valence-corrected chi connectivity index (χ1v) is 8.07. The van der Waals surface area contributed by atoms with E-state index in [1.165, 1.54) is 6.07 Å². The standard InChI is InChI=1S/C16H20N2O4S/c1-9(2)7-22-13-5-4-11(6-12(13)14(17)19)16(15(20)21)18-10(3)8-23-16/h4-6,8-9,18H,7H2,1-3H3,(H2,17,19)(H,20,21). The molecule has 1 aromatic carbocycles. The lowest BCUT2D eigenvalue weighted by atomic mass is 10.0. The molecule has 1 atom stereocenters. The van der Waals surface area contributed by atoms with Crippen molar-refractivity contribution in [3.8, 4) is 5.75 Å². The molecule has 1 unspecified atom stereocenters. The van der Waals surface area contributed by atoms with Crippen LogP contribution in [0.25, 0.3) is 0 Å². The van der Waals surface area contributed by atoms with Gasteiger partial charge in [-0.2, -0.15) is 0 Å². The van der Waals surface area contributed by atoms with E-state index in [0.29, 0.717) is 23.8 Å². The molecule has 1 aromatic rings. The van der Waals surface area contributed by atoms with E-state index in [1.54, 1.807) is 24.5 Å². The number of hydrogen-bond donors (Lipinski definition) is 3. The Morgan fingerprint density at radius 2 is 2.13 bits per heavy atom. The fourth-order valence-electron chi connectivity index (χ4n) is 2.20. The first kappa shape index (κ1) is 17.2. The molecule has 1 aliphatic rings. The van der Waals surface area contributed by atoms with E-state index >= 15 is 0 Å². The van der Waals surface area contributed by atoms with E-state index in [2.05, 4.69) is 5.32 Å². The first-order valence-electron chi connectivity index (χ1n) is 7.19. The van der Waals surface area contributed by atoms with E-state index < -0.39 is 16.7 Å². The van der Waals surface area contributed by atoms with Gasteiger partial charge in [-0.3, -0.25) is 4.79 Å². The normalized spacial score (nSPS) is 20.1. The number of carboxylic acid groups (broad SMARTS) is 1. The highest BCUT2D eigenvalue weighted by molar-refractivity contribution is 8.03. The van der Waals surface area contributed by atoms with Gasteiger partial charge in [0.05, 0.1) is 12.2 Å². The maximum Gasteiger partial charge on any atom is 0.345 e. The SMILES string of the molecule is CC1=CSC(C(=O)O)(c2ccc(OCC(C)C)c(C(N)=O)c2)N1. The third-order valence-corrected chi connectivity index (χ3v) is 4.65. The van der Waals surface area contributed by atoms with Gasteiger partial charge in [-0.25, -0.2) is 4.79 Å². The van der Waals surface area contributed by atoms with Gasteiger partial charge in [-0.15, -0.1) is 0 Å². The molecule has 0 spiro atoms. The lowest BCUT2D eigenvalue weighted by Gasteiger charge is -2.26. The summed E-state index contributed by atoms with van der Waals surface area (Å²) < 4.78 is 5.60. The van der Waals surface area contributed by atoms with Crippen LogP contribution in [-0.2, 0) is 9.67 Å².